The highest BCUT2D eigenvalue weighted by atomic mass is 127. The Labute approximate surface area is 87.9 Å². The molecule has 0 heterocycles. The van der Waals surface area contributed by atoms with Crippen LogP contribution in [0.4, 0.5) is 4.39 Å². The molecule has 0 aliphatic heterocycles. The zero-order valence-corrected chi connectivity index (χ0v) is 8.66. The van der Waals surface area contributed by atoms with E-state index in [1.54, 1.807) is 0 Å². The Hall–Kier alpha value is -0.690. The number of benzene rings is 1. The van der Waals surface area contributed by atoms with Crippen LogP contribution in [-0.2, 0) is 4.79 Å². The highest BCUT2D eigenvalue weighted by Crippen LogP contribution is 2.16. The second-order valence-corrected chi connectivity index (χ2v) is 3.65. The molecule has 0 amide bonds. The van der Waals surface area contributed by atoms with Gasteiger partial charge in [0.15, 0.2) is 0 Å². The number of hydrogen-bond acceptors (Lipinski definition) is 2. The molecule has 0 saturated heterocycles. The first-order valence-electron chi connectivity index (χ1n) is 3.45. The minimum absolute atomic E-state index is 0.269. The van der Waals surface area contributed by atoms with Crippen molar-refractivity contribution in [2.75, 3.05) is 0 Å². The molecule has 3 nitrogen and oxygen atoms in total. The predicted octanol–water partition coefficient (Wildman–Crippen LogP) is 1.51. The Morgan fingerprint density at radius 2 is 2.23 bits per heavy atom. The van der Waals surface area contributed by atoms with Gasteiger partial charge in [-0.1, -0.05) is 6.07 Å². The third kappa shape index (κ3) is 2.38. The number of carboxylic acid groups (broad SMARTS) is 1. The van der Waals surface area contributed by atoms with Crippen molar-refractivity contribution in [3.8, 4) is 0 Å². The normalized spacial score (nSPS) is 12.5. The molecule has 3 N–H and O–H groups in total. The summed E-state index contributed by atoms with van der Waals surface area (Å²) < 4.78 is 13.4. The van der Waals surface area contributed by atoms with Crippen LogP contribution in [0.2, 0.25) is 0 Å². The van der Waals surface area contributed by atoms with E-state index < -0.39 is 17.8 Å². The molecule has 13 heavy (non-hydrogen) atoms. The van der Waals surface area contributed by atoms with Gasteiger partial charge in [-0.15, -0.1) is 0 Å². The topological polar surface area (TPSA) is 63.3 Å². The fraction of sp³-hybridized carbons (Fsp3) is 0.125. The summed E-state index contributed by atoms with van der Waals surface area (Å²) in [6.45, 7) is 0. The number of nitrogens with two attached hydrogens (primary N) is 1. The Morgan fingerprint density at radius 3 is 2.69 bits per heavy atom. The van der Waals surface area contributed by atoms with Gasteiger partial charge in [0.2, 0.25) is 0 Å². The van der Waals surface area contributed by atoms with Gasteiger partial charge in [-0.25, -0.2) is 4.39 Å². The van der Waals surface area contributed by atoms with Crippen molar-refractivity contribution in [1.29, 1.82) is 0 Å². The summed E-state index contributed by atoms with van der Waals surface area (Å²) in [5.74, 6) is -1.62. The zero-order chi connectivity index (χ0) is 10.0. The van der Waals surface area contributed by atoms with Crippen molar-refractivity contribution >= 4 is 28.6 Å². The third-order valence-electron chi connectivity index (χ3n) is 1.57. The Bertz CT molecular complexity index is 343. The first kappa shape index (κ1) is 10.4. The van der Waals surface area contributed by atoms with Gasteiger partial charge in [0.1, 0.15) is 11.9 Å². The minimum Gasteiger partial charge on any atom is -0.480 e. The molecule has 0 aliphatic carbocycles. The molecule has 0 unspecified atom stereocenters. The number of carboxylic acids is 1. The number of aliphatic carboxylic acids is 1. The predicted molar refractivity (Wildman–Crippen MR) is 53.7 cm³/mol. The molecular formula is C8H7FINO2. The van der Waals surface area contributed by atoms with Crippen LogP contribution in [-0.4, -0.2) is 11.1 Å². The first-order chi connectivity index (χ1) is 6.02. The van der Waals surface area contributed by atoms with E-state index in [9.17, 15) is 9.18 Å². The lowest BCUT2D eigenvalue weighted by Gasteiger charge is -2.06. The Morgan fingerprint density at radius 1 is 1.62 bits per heavy atom. The van der Waals surface area contributed by atoms with E-state index in [0.717, 1.165) is 6.07 Å². The molecule has 0 aromatic heterocycles. The van der Waals surface area contributed by atoms with E-state index in [4.69, 9.17) is 10.8 Å². The van der Waals surface area contributed by atoms with E-state index in [1.165, 1.54) is 12.1 Å². The lowest BCUT2D eigenvalue weighted by molar-refractivity contribution is -0.138. The highest BCUT2D eigenvalue weighted by Gasteiger charge is 2.15. The summed E-state index contributed by atoms with van der Waals surface area (Å²) in [7, 11) is 0. The quantitative estimate of drug-likeness (QED) is 0.813. The summed E-state index contributed by atoms with van der Waals surface area (Å²) in [5, 5.41) is 8.55. The maximum atomic E-state index is 12.9. The second kappa shape index (κ2) is 4.01. The largest absolute Gasteiger partial charge is 0.480 e. The van der Waals surface area contributed by atoms with E-state index in [2.05, 4.69) is 0 Å². The Kier molecular flexibility index (Phi) is 3.21. The summed E-state index contributed by atoms with van der Waals surface area (Å²) in [4.78, 5) is 10.4. The summed E-state index contributed by atoms with van der Waals surface area (Å²) in [5.41, 5.74) is 5.56. The van der Waals surface area contributed by atoms with Crippen molar-refractivity contribution in [1.82, 2.24) is 0 Å². The van der Waals surface area contributed by atoms with Gasteiger partial charge >= 0.3 is 5.97 Å². The van der Waals surface area contributed by atoms with E-state index in [-0.39, 0.29) is 5.56 Å². The average molecular weight is 295 g/mol. The van der Waals surface area contributed by atoms with Crippen LogP contribution < -0.4 is 5.73 Å². The van der Waals surface area contributed by atoms with Crippen LogP contribution in [0.5, 0.6) is 0 Å². The van der Waals surface area contributed by atoms with Crippen LogP contribution in [0.1, 0.15) is 11.6 Å². The van der Waals surface area contributed by atoms with E-state index >= 15 is 0 Å². The van der Waals surface area contributed by atoms with Crippen molar-refractivity contribution in [3.63, 3.8) is 0 Å². The lowest BCUT2D eigenvalue weighted by atomic mass is 10.1. The third-order valence-corrected chi connectivity index (χ3v) is 2.44. The van der Waals surface area contributed by atoms with Gasteiger partial charge in [0.05, 0.1) is 0 Å². The van der Waals surface area contributed by atoms with Gasteiger partial charge in [-0.05, 0) is 40.3 Å². The smallest absolute Gasteiger partial charge is 0.325 e. The second-order valence-electron chi connectivity index (χ2n) is 2.49. The minimum atomic E-state index is -1.17. The molecule has 1 rings (SSSR count). The average Bonchev–Trinajstić information content (AvgIpc) is 2.08. The molecule has 5 heteroatoms. The van der Waals surface area contributed by atoms with Gasteiger partial charge in [0.25, 0.3) is 0 Å². The highest BCUT2D eigenvalue weighted by molar-refractivity contribution is 14.1. The molecule has 0 fully saturated rings. The number of hydrogen-bond donors (Lipinski definition) is 2. The van der Waals surface area contributed by atoms with Crippen LogP contribution in [0.3, 0.4) is 0 Å². The molecule has 70 valence electrons. The van der Waals surface area contributed by atoms with Gasteiger partial charge < -0.3 is 10.8 Å². The van der Waals surface area contributed by atoms with Crippen LogP contribution >= 0.6 is 22.6 Å². The van der Waals surface area contributed by atoms with E-state index in [0.29, 0.717) is 3.57 Å². The zero-order valence-electron chi connectivity index (χ0n) is 6.50. The van der Waals surface area contributed by atoms with Crippen molar-refractivity contribution < 1.29 is 14.3 Å². The maximum absolute atomic E-state index is 12.9. The van der Waals surface area contributed by atoms with E-state index in [1.807, 2.05) is 22.6 Å². The van der Waals surface area contributed by atoms with Crippen LogP contribution in [0.25, 0.3) is 0 Å². The molecule has 1 aromatic carbocycles. The molecular weight excluding hydrogens is 288 g/mol. The van der Waals surface area contributed by atoms with Crippen molar-refractivity contribution in [3.05, 3.63) is 33.1 Å². The van der Waals surface area contributed by atoms with Gasteiger partial charge in [-0.2, -0.15) is 0 Å². The van der Waals surface area contributed by atoms with Gasteiger partial charge in [0, 0.05) is 3.57 Å². The molecule has 1 atom stereocenters. The molecule has 0 aliphatic rings. The Balaban J connectivity index is 3.03. The maximum Gasteiger partial charge on any atom is 0.325 e. The van der Waals surface area contributed by atoms with Crippen LogP contribution in [0.15, 0.2) is 18.2 Å². The number of halogens is 2. The summed E-state index contributed by atoms with van der Waals surface area (Å²) in [6, 6.07) is 2.98. The van der Waals surface area contributed by atoms with Crippen LogP contribution in [0, 0.1) is 9.39 Å². The lowest BCUT2D eigenvalue weighted by Crippen LogP contribution is -2.20. The number of rotatable bonds is 2. The number of carbonyl (C=O) groups is 1. The standard InChI is InChI=1S/C8H7FINO2/c9-5-3-4(1-2-6(5)10)7(11)8(12)13/h1-3,7H,11H2,(H,12,13)/t7-/m1/s1. The fourth-order valence-electron chi connectivity index (χ4n) is 0.848. The fourth-order valence-corrected chi connectivity index (χ4v) is 1.18. The molecule has 0 spiro atoms. The summed E-state index contributed by atoms with van der Waals surface area (Å²) in [6.07, 6.45) is 0. The molecule has 0 saturated carbocycles. The van der Waals surface area contributed by atoms with Crippen molar-refractivity contribution in [2.45, 2.75) is 6.04 Å². The monoisotopic (exact) mass is 295 g/mol. The first-order valence-corrected chi connectivity index (χ1v) is 4.53. The molecule has 0 bridgehead atoms. The summed E-state index contributed by atoms with van der Waals surface area (Å²) >= 11 is 1.82. The van der Waals surface area contributed by atoms with Gasteiger partial charge in [-0.3, -0.25) is 4.79 Å². The molecule has 0 radical (unpaired) electrons. The molecule has 1 aromatic rings. The SMILES string of the molecule is N[C@@H](C(=O)O)c1ccc(I)c(F)c1. The van der Waals surface area contributed by atoms with Crippen molar-refractivity contribution in [2.24, 2.45) is 5.73 Å².